The summed E-state index contributed by atoms with van der Waals surface area (Å²) in [6.07, 6.45) is 3.59. The topological polar surface area (TPSA) is 64.5 Å². The molecule has 5 nitrogen and oxygen atoms in total. The average molecular weight is 538 g/mol. The van der Waals surface area contributed by atoms with Crippen LogP contribution in [0.4, 0.5) is 0 Å². The third-order valence-electron chi connectivity index (χ3n) is 7.58. The maximum atomic E-state index is 5.03. The highest BCUT2D eigenvalue weighted by Gasteiger charge is 2.16. The number of pyridine rings is 1. The van der Waals surface area contributed by atoms with Crippen LogP contribution >= 0.6 is 0 Å². The van der Waals surface area contributed by atoms with Crippen molar-refractivity contribution in [2.75, 3.05) is 0 Å². The minimum atomic E-state index is 0.562. The fourth-order valence-corrected chi connectivity index (χ4v) is 5.55. The van der Waals surface area contributed by atoms with Crippen molar-refractivity contribution in [3.8, 4) is 45.4 Å². The SMILES string of the molecule is c1ccc(-c2cc(-c3ccccc3)nc(-c3cnc(-c4nc5ccccc5c5c4ccc4ccccc45)nc3)n2)cc1. The molecule has 0 amide bonds. The second kappa shape index (κ2) is 9.98. The Hall–Kier alpha value is -5.81. The second-order valence-corrected chi connectivity index (χ2v) is 10.2. The van der Waals surface area contributed by atoms with Crippen LogP contribution in [-0.2, 0) is 0 Å². The highest BCUT2D eigenvalue weighted by atomic mass is 14.9. The van der Waals surface area contributed by atoms with E-state index in [9.17, 15) is 0 Å². The maximum absolute atomic E-state index is 5.03. The maximum Gasteiger partial charge on any atom is 0.178 e. The first-order valence-corrected chi connectivity index (χ1v) is 13.8. The van der Waals surface area contributed by atoms with E-state index in [0.29, 0.717) is 11.6 Å². The molecule has 0 fully saturated rings. The third-order valence-corrected chi connectivity index (χ3v) is 7.58. The van der Waals surface area contributed by atoms with Crippen molar-refractivity contribution in [2.24, 2.45) is 0 Å². The number of hydrogen-bond acceptors (Lipinski definition) is 5. The van der Waals surface area contributed by atoms with Crippen LogP contribution in [0.2, 0.25) is 0 Å². The van der Waals surface area contributed by atoms with Gasteiger partial charge in [-0.1, -0.05) is 115 Å². The molecule has 8 aromatic rings. The standard InChI is InChI=1S/C37H23N5/c1-3-12-25(13-4-1)32-21-33(26-14-5-2-6-15-26)42-36(41-32)27-22-38-37(39-23-27)35-30-20-19-24-11-7-8-16-28(24)34(30)29-17-9-10-18-31(29)40-35/h1-23H. The Labute approximate surface area is 242 Å². The van der Waals surface area contributed by atoms with Gasteiger partial charge in [0.15, 0.2) is 11.6 Å². The first-order chi connectivity index (χ1) is 20.8. The zero-order valence-electron chi connectivity index (χ0n) is 22.5. The summed E-state index contributed by atoms with van der Waals surface area (Å²) in [7, 11) is 0. The lowest BCUT2D eigenvalue weighted by Crippen LogP contribution is -1.99. The highest BCUT2D eigenvalue weighted by molar-refractivity contribution is 6.22. The van der Waals surface area contributed by atoms with E-state index in [1.807, 2.05) is 54.6 Å². The molecule has 0 saturated heterocycles. The van der Waals surface area contributed by atoms with E-state index in [-0.39, 0.29) is 0 Å². The van der Waals surface area contributed by atoms with Gasteiger partial charge in [0.2, 0.25) is 0 Å². The Morgan fingerprint density at radius 2 is 1.00 bits per heavy atom. The van der Waals surface area contributed by atoms with E-state index < -0.39 is 0 Å². The van der Waals surface area contributed by atoms with Crippen LogP contribution in [0.5, 0.6) is 0 Å². The van der Waals surface area contributed by atoms with Crippen molar-refractivity contribution >= 4 is 32.4 Å². The Kier molecular flexibility index (Phi) is 5.71. The zero-order chi connectivity index (χ0) is 27.9. The molecule has 0 atom stereocenters. The summed E-state index contributed by atoms with van der Waals surface area (Å²) >= 11 is 0. The van der Waals surface area contributed by atoms with Crippen LogP contribution in [0.1, 0.15) is 0 Å². The molecule has 3 aromatic heterocycles. The summed E-state index contributed by atoms with van der Waals surface area (Å²) in [5.41, 5.74) is 6.14. The number of benzene rings is 5. The van der Waals surface area contributed by atoms with E-state index in [1.54, 1.807) is 12.4 Å². The molecule has 0 bridgehead atoms. The van der Waals surface area contributed by atoms with Crippen molar-refractivity contribution in [3.63, 3.8) is 0 Å². The van der Waals surface area contributed by atoms with Gasteiger partial charge in [0, 0.05) is 39.7 Å². The van der Waals surface area contributed by atoms with Gasteiger partial charge in [0.1, 0.15) is 5.69 Å². The fraction of sp³-hybridized carbons (Fsp3) is 0. The van der Waals surface area contributed by atoms with Gasteiger partial charge in [-0.05, 0) is 22.9 Å². The Bertz CT molecular complexity index is 2160. The van der Waals surface area contributed by atoms with Crippen molar-refractivity contribution in [1.29, 1.82) is 0 Å². The summed E-state index contributed by atoms with van der Waals surface area (Å²) in [5.74, 6) is 1.14. The molecule has 0 aliphatic rings. The minimum absolute atomic E-state index is 0.562. The van der Waals surface area contributed by atoms with Crippen LogP contribution < -0.4 is 0 Å². The fourth-order valence-electron chi connectivity index (χ4n) is 5.55. The van der Waals surface area contributed by atoms with Gasteiger partial charge in [-0.2, -0.15) is 0 Å². The molecule has 8 rings (SSSR count). The lowest BCUT2D eigenvalue weighted by molar-refractivity contribution is 1.12. The number of fused-ring (bicyclic) bond motifs is 5. The van der Waals surface area contributed by atoms with Crippen molar-refractivity contribution in [1.82, 2.24) is 24.9 Å². The molecule has 0 spiro atoms. The molecule has 42 heavy (non-hydrogen) atoms. The number of para-hydroxylation sites is 1. The van der Waals surface area contributed by atoms with Gasteiger partial charge in [-0.25, -0.2) is 24.9 Å². The van der Waals surface area contributed by atoms with Crippen LogP contribution in [-0.4, -0.2) is 24.9 Å². The first kappa shape index (κ1) is 24.0. The molecule has 3 heterocycles. The largest absolute Gasteiger partial charge is 0.244 e. The van der Waals surface area contributed by atoms with Crippen LogP contribution in [0.15, 0.2) is 140 Å². The lowest BCUT2D eigenvalue weighted by atomic mass is 9.97. The smallest absolute Gasteiger partial charge is 0.178 e. The lowest BCUT2D eigenvalue weighted by Gasteiger charge is -2.12. The molecular formula is C37H23N5. The molecule has 0 aliphatic carbocycles. The molecule has 0 radical (unpaired) electrons. The van der Waals surface area contributed by atoms with Crippen LogP contribution in [0, 0.1) is 0 Å². The average Bonchev–Trinajstić information content (AvgIpc) is 3.08. The molecular weight excluding hydrogens is 514 g/mol. The van der Waals surface area contributed by atoms with Crippen molar-refractivity contribution < 1.29 is 0 Å². The van der Waals surface area contributed by atoms with E-state index in [2.05, 4.69) is 72.8 Å². The number of hydrogen-bond donors (Lipinski definition) is 0. The second-order valence-electron chi connectivity index (χ2n) is 10.2. The van der Waals surface area contributed by atoms with E-state index >= 15 is 0 Å². The molecule has 0 N–H and O–H groups in total. The molecule has 0 unspecified atom stereocenters. The molecule has 5 heteroatoms. The summed E-state index contributed by atoms with van der Waals surface area (Å²) in [6, 6.07) is 43.3. The van der Waals surface area contributed by atoms with Gasteiger partial charge in [-0.3, -0.25) is 0 Å². The molecule has 0 saturated carbocycles. The molecule has 196 valence electrons. The quantitative estimate of drug-likeness (QED) is 0.210. The Morgan fingerprint density at radius 3 is 1.69 bits per heavy atom. The summed E-state index contributed by atoms with van der Waals surface area (Å²) in [4.78, 5) is 24.5. The van der Waals surface area contributed by atoms with Gasteiger partial charge in [0.05, 0.1) is 22.5 Å². The minimum Gasteiger partial charge on any atom is -0.244 e. The zero-order valence-corrected chi connectivity index (χ0v) is 22.5. The van der Waals surface area contributed by atoms with Gasteiger partial charge < -0.3 is 0 Å². The Balaban J connectivity index is 1.28. The van der Waals surface area contributed by atoms with E-state index in [0.717, 1.165) is 55.4 Å². The summed E-state index contributed by atoms with van der Waals surface area (Å²) in [5, 5.41) is 5.67. The van der Waals surface area contributed by atoms with Gasteiger partial charge >= 0.3 is 0 Å². The number of nitrogens with zero attached hydrogens (tertiary/aromatic N) is 5. The Morgan fingerprint density at radius 1 is 0.405 bits per heavy atom. The molecule has 5 aromatic carbocycles. The van der Waals surface area contributed by atoms with Gasteiger partial charge in [-0.15, -0.1) is 0 Å². The third kappa shape index (κ3) is 4.16. The summed E-state index contributed by atoms with van der Waals surface area (Å²) in [6.45, 7) is 0. The van der Waals surface area contributed by atoms with Crippen LogP contribution in [0.3, 0.4) is 0 Å². The van der Waals surface area contributed by atoms with Crippen molar-refractivity contribution in [2.45, 2.75) is 0 Å². The predicted molar refractivity (Wildman–Crippen MR) is 170 cm³/mol. The monoisotopic (exact) mass is 537 g/mol. The van der Waals surface area contributed by atoms with Crippen molar-refractivity contribution in [3.05, 3.63) is 140 Å². The highest BCUT2D eigenvalue weighted by Crippen LogP contribution is 2.36. The normalized spacial score (nSPS) is 11.3. The van der Waals surface area contributed by atoms with Crippen LogP contribution in [0.25, 0.3) is 77.9 Å². The summed E-state index contributed by atoms with van der Waals surface area (Å²) < 4.78 is 0. The number of rotatable bonds is 4. The number of aromatic nitrogens is 5. The first-order valence-electron chi connectivity index (χ1n) is 13.8. The van der Waals surface area contributed by atoms with E-state index in [1.165, 1.54) is 10.8 Å². The predicted octanol–water partition coefficient (Wildman–Crippen LogP) is 8.79. The van der Waals surface area contributed by atoms with Gasteiger partial charge in [0.25, 0.3) is 0 Å². The van der Waals surface area contributed by atoms with E-state index in [4.69, 9.17) is 24.9 Å². The molecule has 0 aliphatic heterocycles.